The van der Waals surface area contributed by atoms with Crippen LogP contribution >= 0.6 is 11.8 Å². The smallest absolute Gasteiger partial charge is 0.0957 e. The van der Waals surface area contributed by atoms with Crippen molar-refractivity contribution < 1.29 is 0 Å². The normalized spacial score (nSPS) is 11.3. The van der Waals surface area contributed by atoms with Crippen LogP contribution in [-0.2, 0) is 0 Å². The first-order chi connectivity index (χ1) is 7.38. The Hall–Kier alpha value is -1.48. The Bertz CT molecular complexity index is 628. The minimum Gasteiger partial charge on any atom is -0.353 e. The molecule has 2 aromatic heterocycles. The number of thioether (sulfide) groups is 1. The summed E-state index contributed by atoms with van der Waals surface area (Å²) in [5.41, 5.74) is 3.32. The van der Waals surface area contributed by atoms with E-state index in [1.807, 2.05) is 12.3 Å². The molecular formula is C12H10N2S. The number of H-pyrrole nitrogens is 1. The average molecular weight is 214 g/mol. The van der Waals surface area contributed by atoms with Gasteiger partial charge in [-0.3, -0.25) is 4.98 Å². The van der Waals surface area contributed by atoms with Crippen LogP contribution < -0.4 is 0 Å². The Labute approximate surface area is 91.7 Å². The summed E-state index contributed by atoms with van der Waals surface area (Å²) in [4.78, 5) is 9.03. The van der Waals surface area contributed by atoms with Crippen molar-refractivity contribution in [2.75, 3.05) is 6.26 Å². The highest BCUT2D eigenvalue weighted by Crippen LogP contribution is 2.27. The first-order valence-electron chi connectivity index (χ1n) is 4.79. The lowest BCUT2D eigenvalue weighted by atomic mass is 10.2. The standard InChI is InChI=1S/C12H10N2S/c1-15-8-4-5-10-9(7-8)12-11(14-10)3-2-6-13-12/h2-7,14H,1H3. The van der Waals surface area contributed by atoms with Gasteiger partial charge in [-0.15, -0.1) is 11.8 Å². The lowest BCUT2D eigenvalue weighted by Gasteiger charge is -1.95. The van der Waals surface area contributed by atoms with E-state index in [1.54, 1.807) is 11.8 Å². The third-order valence-electron chi connectivity index (χ3n) is 2.56. The Morgan fingerprint density at radius 3 is 3.00 bits per heavy atom. The minimum absolute atomic E-state index is 1.06. The monoisotopic (exact) mass is 214 g/mol. The van der Waals surface area contributed by atoms with Gasteiger partial charge in [0.15, 0.2) is 0 Å². The van der Waals surface area contributed by atoms with Crippen LogP contribution in [0.25, 0.3) is 21.9 Å². The quantitative estimate of drug-likeness (QED) is 0.629. The molecule has 0 fully saturated rings. The van der Waals surface area contributed by atoms with E-state index in [0.717, 1.165) is 16.6 Å². The maximum absolute atomic E-state index is 4.40. The number of aromatic amines is 1. The Morgan fingerprint density at radius 2 is 2.13 bits per heavy atom. The molecule has 1 aromatic carbocycles. The summed E-state index contributed by atoms with van der Waals surface area (Å²) in [5.74, 6) is 0. The molecule has 0 atom stereocenters. The molecule has 3 heteroatoms. The minimum atomic E-state index is 1.06. The molecule has 3 aromatic rings. The maximum Gasteiger partial charge on any atom is 0.0957 e. The average Bonchev–Trinajstić information content (AvgIpc) is 2.66. The van der Waals surface area contributed by atoms with Gasteiger partial charge < -0.3 is 4.98 Å². The highest BCUT2D eigenvalue weighted by Gasteiger charge is 2.04. The van der Waals surface area contributed by atoms with Crippen LogP contribution in [-0.4, -0.2) is 16.2 Å². The van der Waals surface area contributed by atoms with Crippen LogP contribution in [0.4, 0.5) is 0 Å². The first kappa shape index (κ1) is 8.80. The number of benzene rings is 1. The number of nitrogens with zero attached hydrogens (tertiary/aromatic N) is 1. The Morgan fingerprint density at radius 1 is 1.20 bits per heavy atom. The number of hydrogen-bond donors (Lipinski definition) is 1. The van der Waals surface area contributed by atoms with E-state index in [2.05, 4.69) is 40.5 Å². The van der Waals surface area contributed by atoms with Gasteiger partial charge in [0.05, 0.1) is 11.0 Å². The van der Waals surface area contributed by atoms with Crippen molar-refractivity contribution in [3.63, 3.8) is 0 Å². The molecule has 74 valence electrons. The van der Waals surface area contributed by atoms with Gasteiger partial charge in [0, 0.05) is 22.0 Å². The lowest BCUT2D eigenvalue weighted by Crippen LogP contribution is -1.72. The molecule has 0 bridgehead atoms. The molecule has 3 rings (SSSR count). The van der Waals surface area contributed by atoms with E-state index >= 15 is 0 Å². The van der Waals surface area contributed by atoms with Crippen LogP contribution in [0.2, 0.25) is 0 Å². The first-order valence-corrected chi connectivity index (χ1v) is 6.01. The second kappa shape index (κ2) is 3.28. The summed E-state index contributed by atoms with van der Waals surface area (Å²) in [5, 5.41) is 1.21. The van der Waals surface area contributed by atoms with Crippen LogP contribution in [0.15, 0.2) is 41.4 Å². The summed E-state index contributed by atoms with van der Waals surface area (Å²) in [6.45, 7) is 0. The van der Waals surface area contributed by atoms with Gasteiger partial charge in [-0.25, -0.2) is 0 Å². The van der Waals surface area contributed by atoms with E-state index in [4.69, 9.17) is 0 Å². The topological polar surface area (TPSA) is 28.7 Å². The van der Waals surface area contributed by atoms with E-state index in [0.29, 0.717) is 0 Å². The van der Waals surface area contributed by atoms with Crippen molar-refractivity contribution >= 4 is 33.7 Å². The van der Waals surface area contributed by atoms with Crippen molar-refractivity contribution in [1.82, 2.24) is 9.97 Å². The zero-order valence-corrected chi connectivity index (χ0v) is 9.14. The zero-order valence-electron chi connectivity index (χ0n) is 8.32. The third-order valence-corrected chi connectivity index (χ3v) is 3.28. The molecule has 0 aliphatic rings. The summed E-state index contributed by atoms with van der Waals surface area (Å²) in [6.07, 6.45) is 3.92. The summed E-state index contributed by atoms with van der Waals surface area (Å²) in [6, 6.07) is 10.4. The van der Waals surface area contributed by atoms with Crippen LogP contribution in [0.3, 0.4) is 0 Å². The number of fused-ring (bicyclic) bond motifs is 3. The number of rotatable bonds is 1. The van der Waals surface area contributed by atoms with Crippen molar-refractivity contribution in [2.45, 2.75) is 4.90 Å². The Kier molecular flexibility index (Phi) is 1.92. The highest BCUT2D eigenvalue weighted by molar-refractivity contribution is 7.98. The Balaban J connectivity index is 2.46. The van der Waals surface area contributed by atoms with Gasteiger partial charge in [0.1, 0.15) is 0 Å². The van der Waals surface area contributed by atoms with Crippen molar-refractivity contribution in [1.29, 1.82) is 0 Å². The predicted molar refractivity (Wildman–Crippen MR) is 65.4 cm³/mol. The molecule has 0 aliphatic heterocycles. The lowest BCUT2D eigenvalue weighted by molar-refractivity contribution is 1.42. The molecule has 0 saturated carbocycles. The number of nitrogens with one attached hydrogen (secondary N) is 1. The second-order valence-electron chi connectivity index (χ2n) is 3.44. The van der Waals surface area contributed by atoms with Crippen molar-refractivity contribution in [3.05, 3.63) is 36.5 Å². The van der Waals surface area contributed by atoms with Crippen molar-refractivity contribution in [2.24, 2.45) is 0 Å². The van der Waals surface area contributed by atoms with Gasteiger partial charge in [-0.2, -0.15) is 0 Å². The van der Waals surface area contributed by atoms with Gasteiger partial charge in [0.2, 0.25) is 0 Å². The molecule has 0 radical (unpaired) electrons. The summed E-state index contributed by atoms with van der Waals surface area (Å²) in [7, 11) is 0. The van der Waals surface area contributed by atoms with E-state index in [-0.39, 0.29) is 0 Å². The molecule has 2 nitrogen and oxygen atoms in total. The zero-order chi connectivity index (χ0) is 10.3. The molecule has 0 unspecified atom stereocenters. The van der Waals surface area contributed by atoms with Gasteiger partial charge in [-0.05, 0) is 36.6 Å². The van der Waals surface area contributed by atoms with Gasteiger partial charge in [-0.1, -0.05) is 0 Å². The molecule has 1 N–H and O–H groups in total. The molecule has 2 heterocycles. The summed E-state index contributed by atoms with van der Waals surface area (Å²) < 4.78 is 0. The molecule has 0 amide bonds. The van der Waals surface area contributed by atoms with Gasteiger partial charge in [0.25, 0.3) is 0 Å². The van der Waals surface area contributed by atoms with Gasteiger partial charge >= 0.3 is 0 Å². The molecular weight excluding hydrogens is 204 g/mol. The predicted octanol–water partition coefficient (Wildman–Crippen LogP) is 3.44. The fraction of sp³-hybridized carbons (Fsp3) is 0.0833. The van der Waals surface area contributed by atoms with E-state index < -0.39 is 0 Å². The second-order valence-corrected chi connectivity index (χ2v) is 4.32. The van der Waals surface area contributed by atoms with E-state index in [9.17, 15) is 0 Å². The molecule has 0 spiro atoms. The molecule has 15 heavy (non-hydrogen) atoms. The largest absolute Gasteiger partial charge is 0.353 e. The number of pyridine rings is 1. The SMILES string of the molecule is CSc1ccc2[nH]c3cccnc3c2c1. The van der Waals surface area contributed by atoms with Crippen molar-refractivity contribution in [3.8, 4) is 0 Å². The maximum atomic E-state index is 4.40. The molecule has 0 saturated heterocycles. The van der Waals surface area contributed by atoms with Crippen LogP contribution in [0.5, 0.6) is 0 Å². The number of hydrogen-bond acceptors (Lipinski definition) is 2. The fourth-order valence-electron chi connectivity index (χ4n) is 1.82. The third kappa shape index (κ3) is 1.31. The molecule has 0 aliphatic carbocycles. The highest BCUT2D eigenvalue weighted by atomic mass is 32.2. The van der Waals surface area contributed by atoms with Crippen LogP contribution in [0.1, 0.15) is 0 Å². The van der Waals surface area contributed by atoms with Crippen LogP contribution in [0, 0.1) is 0 Å². The fourth-order valence-corrected chi connectivity index (χ4v) is 2.26. The summed E-state index contributed by atoms with van der Waals surface area (Å²) >= 11 is 1.75. The van der Waals surface area contributed by atoms with E-state index in [1.165, 1.54) is 10.3 Å². The number of aromatic nitrogens is 2.